The maximum Gasteiger partial charge on any atom is 0.212 e. The number of fused-ring (bicyclic) bond motifs is 3. The van der Waals surface area contributed by atoms with Crippen LogP contribution in [0.5, 0.6) is 5.88 Å². The molecule has 0 radical (unpaired) electrons. The molecule has 0 aliphatic heterocycles. The molecule has 3 aromatic rings. The van der Waals surface area contributed by atoms with E-state index >= 15 is 0 Å². The topological polar surface area (TPSA) is 61.3 Å². The van der Waals surface area contributed by atoms with Crippen LogP contribution >= 0.6 is 11.3 Å². The van der Waals surface area contributed by atoms with Gasteiger partial charge in [0.25, 0.3) is 0 Å². The summed E-state index contributed by atoms with van der Waals surface area (Å²) in [7, 11) is 1.61. The Morgan fingerprint density at radius 3 is 2.55 bits per heavy atom. The van der Waals surface area contributed by atoms with Gasteiger partial charge in [0.2, 0.25) is 5.88 Å². The van der Waals surface area contributed by atoms with E-state index < -0.39 is 11.7 Å². The molecule has 31 heavy (non-hydrogen) atoms. The predicted octanol–water partition coefficient (Wildman–Crippen LogP) is 6.00. The largest absolute Gasteiger partial charge is 0.481 e. The molecule has 0 amide bonds. The quantitative estimate of drug-likeness (QED) is 0.489. The van der Waals surface area contributed by atoms with Gasteiger partial charge in [-0.25, -0.2) is 9.97 Å². The van der Waals surface area contributed by atoms with Crippen LogP contribution in [0.15, 0.2) is 18.3 Å². The zero-order valence-corrected chi connectivity index (χ0v) is 20.0. The number of Topliss-reactive ketones (excluding diaryl/α,β-unsaturated/α-hetero) is 1. The lowest BCUT2D eigenvalue weighted by Gasteiger charge is -2.29. The van der Waals surface area contributed by atoms with E-state index in [1.54, 1.807) is 25.4 Å². The van der Waals surface area contributed by atoms with Gasteiger partial charge >= 0.3 is 0 Å². The van der Waals surface area contributed by atoms with E-state index in [-0.39, 0.29) is 5.78 Å². The highest BCUT2D eigenvalue weighted by atomic mass is 32.1. The molecule has 4 rings (SSSR count). The minimum absolute atomic E-state index is 0.0222. The Labute approximate surface area is 187 Å². The summed E-state index contributed by atoms with van der Waals surface area (Å²) in [4.78, 5) is 24.7. The molecule has 164 valence electrons. The minimum Gasteiger partial charge on any atom is -0.481 e. The molecule has 1 aliphatic carbocycles. The molecule has 0 aromatic carbocycles. The van der Waals surface area contributed by atoms with E-state index in [0.717, 1.165) is 45.4 Å². The van der Waals surface area contributed by atoms with Crippen LogP contribution in [-0.2, 0) is 22.4 Å². The molecule has 6 heteroatoms. The fraction of sp³-hybridized carbons (Fsp3) is 0.480. The summed E-state index contributed by atoms with van der Waals surface area (Å²) in [6.45, 7) is 9.51. The fourth-order valence-electron chi connectivity index (χ4n) is 4.38. The lowest BCUT2D eigenvalue weighted by molar-refractivity contribution is -0.138. The number of hydrogen-bond donors (Lipinski definition) is 0. The zero-order valence-electron chi connectivity index (χ0n) is 19.2. The second kappa shape index (κ2) is 8.32. The van der Waals surface area contributed by atoms with Gasteiger partial charge in [-0.05, 0) is 71.9 Å². The van der Waals surface area contributed by atoms with E-state index in [4.69, 9.17) is 14.5 Å². The smallest absolute Gasteiger partial charge is 0.212 e. The summed E-state index contributed by atoms with van der Waals surface area (Å²) >= 11 is 1.79. The van der Waals surface area contributed by atoms with Crippen molar-refractivity contribution in [3.05, 3.63) is 40.0 Å². The number of carbonyl (C=O) groups is 1. The Bertz CT molecular complexity index is 1130. The summed E-state index contributed by atoms with van der Waals surface area (Å²) in [6, 6.07) is 3.89. The molecule has 0 unspecified atom stereocenters. The Morgan fingerprint density at radius 2 is 1.94 bits per heavy atom. The highest BCUT2D eigenvalue weighted by Crippen LogP contribution is 2.45. The first-order valence-electron chi connectivity index (χ1n) is 10.8. The van der Waals surface area contributed by atoms with Crippen molar-refractivity contribution in [2.75, 3.05) is 7.11 Å². The number of aromatic nitrogens is 2. The molecule has 0 bridgehead atoms. The summed E-state index contributed by atoms with van der Waals surface area (Å²) in [5.41, 5.74) is 4.59. The number of rotatable bonds is 5. The van der Waals surface area contributed by atoms with E-state index in [1.807, 2.05) is 46.0 Å². The molecule has 5 nitrogen and oxygen atoms in total. The average Bonchev–Trinajstić information content (AvgIpc) is 3.08. The van der Waals surface area contributed by atoms with E-state index in [2.05, 4.69) is 4.98 Å². The van der Waals surface area contributed by atoms with Gasteiger partial charge in [0.1, 0.15) is 10.9 Å². The van der Waals surface area contributed by atoms with E-state index in [1.165, 1.54) is 23.3 Å². The van der Waals surface area contributed by atoms with Gasteiger partial charge < -0.3 is 9.47 Å². The van der Waals surface area contributed by atoms with Gasteiger partial charge in [-0.3, -0.25) is 4.79 Å². The van der Waals surface area contributed by atoms with Crippen molar-refractivity contribution in [1.82, 2.24) is 9.97 Å². The van der Waals surface area contributed by atoms with Crippen LogP contribution in [0.4, 0.5) is 0 Å². The predicted molar refractivity (Wildman–Crippen MR) is 125 cm³/mol. The Morgan fingerprint density at radius 1 is 1.19 bits per heavy atom. The highest BCUT2D eigenvalue weighted by molar-refractivity contribution is 7.19. The first-order valence-corrected chi connectivity index (χ1v) is 11.6. The standard InChI is InChI=1S/C25H30N2O3S/c1-14-20(23(15(2)28)30-25(3,4)5)21(16-11-12-19(29-6)26-13-16)22-17-9-7-8-10-18(17)31-24(22)27-14/h11-13,23H,7-10H2,1-6H3/t23-/m1/s1. The molecule has 3 heterocycles. The van der Waals surface area contributed by atoms with Crippen molar-refractivity contribution in [3.63, 3.8) is 0 Å². The van der Waals surface area contributed by atoms with Crippen LogP contribution in [0.25, 0.3) is 21.3 Å². The molecule has 1 atom stereocenters. The van der Waals surface area contributed by atoms with Crippen LogP contribution in [-0.4, -0.2) is 28.5 Å². The molecule has 0 saturated carbocycles. The number of ketones is 1. The van der Waals surface area contributed by atoms with E-state index in [0.29, 0.717) is 5.88 Å². The van der Waals surface area contributed by atoms with Crippen molar-refractivity contribution >= 4 is 27.3 Å². The van der Waals surface area contributed by atoms with Crippen LogP contribution in [0.2, 0.25) is 0 Å². The number of aryl methyl sites for hydroxylation is 3. The molecule has 0 N–H and O–H groups in total. The minimum atomic E-state index is -0.687. The van der Waals surface area contributed by atoms with Crippen molar-refractivity contribution in [1.29, 1.82) is 0 Å². The van der Waals surface area contributed by atoms with Crippen LogP contribution in [0.1, 0.15) is 68.3 Å². The summed E-state index contributed by atoms with van der Waals surface area (Å²) in [5, 5.41) is 1.16. The monoisotopic (exact) mass is 438 g/mol. The SMILES string of the molecule is COc1ccc(-c2c([C@H](OC(C)(C)C)C(C)=O)c(C)nc3sc4c(c23)CCCC4)cn1. The third-order valence-electron chi connectivity index (χ3n) is 5.67. The Kier molecular flexibility index (Phi) is 5.88. The second-order valence-electron chi connectivity index (χ2n) is 9.19. The Balaban J connectivity index is 2.06. The van der Waals surface area contributed by atoms with Crippen LogP contribution in [0, 0.1) is 6.92 Å². The lowest BCUT2D eigenvalue weighted by atomic mass is 9.87. The van der Waals surface area contributed by atoms with Crippen LogP contribution in [0.3, 0.4) is 0 Å². The van der Waals surface area contributed by atoms with Crippen LogP contribution < -0.4 is 4.74 Å². The Hall–Kier alpha value is -2.31. The number of ether oxygens (including phenoxy) is 2. The van der Waals surface area contributed by atoms with Gasteiger partial charge in [-0.15, -0.1) is 11.3 Å². The lowest BCUT2D eigenvalue weighted by Crippen LogP contribution is -2.27. The summed E-state index contributed by atoms with van der Waals surface area (Å²) < 4.78 is 11.6. The number of hydrogen-bond acceptors (Lipinski definition) is 6. The molecular weight excluding hydrogens is 408 g/mol. The zero-order chi connectivity index (χ0) is 22.3. The van der Waals surface area contributed by atoms with Crippen molar-refractivity contribution in [3.8, 4) is 17.0 Å². The first-order chi connectivity index (χ1) is 14.7. The van der Waals surface area contributed by atoms with Crippen molar-refractivity contribution in [2.45, 2.75) is 72.0 Å². The second-order valence-corrected chi connectivity index (χ2v) is 10.3. The van der Waals surface area contributed by atoms with Gasteiger partial charge in [-0.2, -0.15) is 0 Å². The van der Waals surface area contributed by atoms with Gasteiger partial charge in [-0.1, -0.05) is 0 Å². The van der Waals surface area contributed by atoms with Gasteiger partial charge in [0.15, 0.2) is 5.78 Å². The number of pyridine rings is 2. The third-order valence-corrected chi connectivity index (χ3v) is 6.85. The third kappa shape index (κ3) is 4.23. The molecule has 0 saturated heterocycles. The van der Waals surface area contributed by atoms with E-state index in [9.17, 15) is 4.79 Å². The molecule has 0 fully saturated rings. The first kappa shape index (κ1) is 21.9. The average molecular weight is 439 g/mol. The number of carbonyl (C=O) groups excluding carboxylic acids is 1. The highest BCUT2D eigenvalue weighted by Gasteiger charge is 2.32. The maximum absolute atomic E-state index is 12.8. The summed E-state index contributed by atoms with van der Waals surface area (Å²) in [6.07, 6.45) is 5.68. The fourth-order valence-corrected chi connectivity index (χ4v) is 5.70. The summed E-state index contributed by atoms with van der Waals surface area (Å²) in [5.74, 6) is 0.541. The number of methoxy groups -OCH3 is 1. The molecular formula is C25H30N2O3S. The number of thiophene rings is 1. The molecule has 0 spiro atoms. The number of nitrogens with zero attached hydrogens (tertiary/aromatic N) is 2. The van der Waals surface area contributed by atoms with Gasteiger partial charge in [0, 0.05) is 44.9 Å². The molecule has 3 aromatic heterocycles. The molecule has 1 aliphatic rings. The van der Waals surface area contributed by atoms with Crippen molar-refractivity contribution < 1.29 is 14.3 Å². The van der Waals surface area contributed by atoms with Crippen molar-refractivity contribution in [2.24, 2.45) is 0 Å². The van der Waals surface area contributed by atoms with Gasteiger partial charge in [0.05, 0.1) is 12.7 Å². The normalized spacial score (nSPS) is 15.0. The maximum atomic E-state index is 12.8.